The molecule has 2 heteroatoms. The molecule has 11 heavy (non-hydrogen) atoms. The molecular formula is C9H20IN. The van der Waals surface area contributed by atoms with Crippen LogP contribution >= 0.6 is 22.6 Å². The molecule has 0 saturated carbocycles. The van der Waals surface area contributed by atoms with Crippen LogP contribution in [0.25, 0.3) is 0 Å². The molecule has 1 nitrogen and oxygen atoms in total. The Morgan fingerprint density at radius 2 is 1.73 bits per heavy atom. The molecule has 0 aliphatic heterocycles. The summed E-state index contributed by atoms with van der Waals surface area (Å²) in [6, 6.07) is 0. The first-order valence-electron chi connectivity index (χ1n) is 4.68. The van der Waals surface area contributed by atoms with Crippen molar-refractivity contribution in [1.29, 1.82) is 0 Å². The minimum atomic E-state index is 1.19. The first kappa shape index (κ1) is 11.7. The van der Waals surface area contributed by atoms with Crippen LogP contribution in [-0.2, 0) is 0 Å². The molecule has 0 saturated heterocycles. The Labute approximate surface area is 84.5 Å². The van der Waals surface area contributed by atoms with Crippen molar-refractivity contribution in [2.24, 2.45) is 0 Å². The van der Waals surface area contributed by atoms with E-state index in [-0.39, 0.29) is 0 Å². The lowest BCUT2D eigenvalue weighted by atomic mass is 10.2. The fourth-order valence-electron chi connectivity index (χ4n) is 1.000. The van der Waals surface area contributed by atoms with Gasteiger partial charge in [-0.05, 0) is 36.8 Å². The van der Waals surface area contributed by atoms with Gasteiger partial charge in [0.1, 0.15) is 0 Å². The van der Waals surface area contributed by atoms with Gasteiger partial charge in [-0.15, -0.1) is 0 Å². The Balaban J connectivity index is 2.69. The van der Waals surface area contributed by atoms with Crippen molar-refractivity contribution in [2.75, 3.05) is 17.5 Å². The van der Waals surface area contributed by atoms with E-state index in [2.05, 4.69) is 34.8 Å². The molecule has 0 atom stereocenters. The standard InChI is InChI=1S/C9H20IN/c1-2-8-11-9-6-4-3-5-7-10/h11H,2-9H2,1H3. The van der Waals surface area contributed by atoms with Gasteiger partial charge in [-0.25, -0.2) is 0 Å². The first-order valence-corrected chi connectivity index (χ1v) is 6.21. The summed E-state index contributed by atoms with van der Waals surface area (Å²) in [5, 5.41) is 3.41. The maximum Gasteiger partial charge on any atom is -0.000473 e. The Bertz CT molecular complexity index is 58.6. The highest BCUT2D eigenvalue weighted by Gasteiger charge is 1.88. The van der Waals surface area contributed by atoms with Gasteiger partial charge in [0.25, 0.3) is 0 Å². The van der Waals surface area contributed by atoms with Crippen molar-refractivity contribution in [3.8, 4) is 0 Å². The molecule has 0 aromatic carbocycles. The lowest BCUT2D eigenvalue weighted by molar-refractivity contribution is 0.597. The summed E-state index contributed by atoms with van der Waals surface area (Å²) in [6.07, 6.45) is 6.83. The van der Waals surface area contributed by atoms with Crippen LogP contribution in [0.5, 0.6) is 0 Å². The topological polar surface area (TPSA) is 12.0 Å². The predicted octanol–water partition coefficient (Wildman–Crippen LogP) is 2.98. The van der Waals surface area contributed by atoms with E-state index in [4.69, 9.17) is 0 Å². The summed E-state index contributed by atoms with van der Waals surface area (Å²) in [4.78, 5) is 0. The first-order chi connectivity index (χ1) is 5.41. The van der Waals surface area contributed by atoms with Crippen LogP contribution in [0.15, 0.2) is 0 Å². The number of nitrogens with one attached hydrogen (secondary N) is 1. The number of hydrogen-bond acceptors (Lipinski definition) is 1. The molecule has 0 amide bonds. The van der Waals surface area contributed by atoms with E-state index in [1.165, 1.54) is 49.6 Å². The number of halogens is 1. The fraction of sp³-hybridized carbons (Fsp3) is 1.00. The van der Waals surface area contributed by atoms with Gasteiger partial charge in [-0.1, -0.05) is 42.4 Å². The zero-order valence-electron chi connectivity index (χ0n) is 7.53. The van der Waals surface area contributed by atoms with Crippen LogP contribution in [0.3, 0.4) is 0 Å². The Kier molecular flexibility index (Phi) is 11.4. The monoisotopic (exact) mass is 269 g/mol. The third-order valence-electron chi connectivity index (χ3n) is 1.66. The normalized spacial score (nSPS) is 10.4. The lowest BCUT2D eigenvalue weighted by Crippen LogP contribution is -2.15. The molecule has 0 spiro atoms. The van der Waals surface area contributed by atoms with Crippen LogP contribution in [0, 0.1) is 0 Å². The van der Waals surface area contributed by atoms with Crippen molar-refractivity contribution >= 4 is 22.6 Å². The smallest absolute Gasteiger partial charge is 0.000473 e. The minimum absolute atomic E-state index is 1.19. The van der Waals surface area contributed by atoms with Crippen LogP contribution < -0.4 is 5.32 Å². The molecule has 0 aromatic rings. The number of alkyl halides is 1. The second kappa shape index (κ2) is 10.7. The van der Waals surface area contributed by atoms with Gasteiger partial charge in [0.05, 0.1) is 0 Å². The maximum absolute atomic E-state index is 3.41. The second-order valence-corrected chi connectivity index (χ2v) is 3.93. The summed E-state index contributed by atoms with van der Waals surface area (Å²) in [5.74, 6) is 0. The second-order valence-electron chi connectivity index (χ2n) is 2.85. The SMILES string of the molecule is CCCNCCCCCCI. The minimum Gasteiger partial charge on any atom is -0.317 e. The third-order valence-corrected chi connectivity index (χ3v) is 2.43. The van der Waals surface area contributed by atoms with E-state index in [1.54, 1.807) is 0 Å². The Hall–Kier alpha value is 0.690. The summed E-state index contributed by atoms with van der Waals surface area (Å²) >= 11 is 2.45. The van der Waals surface area contributed by atoms with E-state index in [1.807, 2.05) is 0 Å². The van der Waals surface area contributed by atoms with Gasteiger partial charge in [-0.2, -0.15) is 0 Å². The highest BCUT2D eigenvalue weighted by molar-refractivity contribution is 14.1. The average molecular weight is 269 g/mol. The van der Waals surface area contributed by atoms with E-state index < -0.39 is 0 Å². The van der Waals surface area contributed by atoms with Crippen molar-refractivity contribution < 1.29 is 0 Å². The summed E-state index contributed by atoms with van der Waals surface area (Å²) in [7, 11) is 0. The summed E-state index contributed by atoms with van der Waals surface area (Å²) in [6.45, 7) is 4.62. The number of hydrogen-bond donors (Lipinski definition) is 1. The van der Waals surface area contributed by atoms with E-state index in [0.717, 1.165) is 0 Å². The maximum atomic E-state index is 3.41. The van der Waals surface area contributed by atoms with Crippen LogP contribution in [0.1, 0.15) is 39.0 Å². The number of rotatable bonds is 8. The Morgan fingerprint density at radius 1 is 1.00 bits per heavy atom. The molecule has 0 bridgehead atoms. The van der Waals surface area contributed by atoms with Crippen molar-refractivity contribution in [2.45, 2.75) is 39.0 Å². The van der Waals surface area contributed by atoms with Crippen LogP contribution in [-0.4, -0.2) is 17.5 Å². The highest BCUT2D eigenvalue weighted by Crippen LogP contribution is 2.00. The van der Waals surface area contributed by atoms with E-state index in [9.17, 15) is 0 Å². The van der Waals surface area contributed by atoms with E-state index >= 15 is 0 Å². The van der Waals surface area contributed by atoms with Crippen LogP contribution in [0.2, 0.25) is 0 Å². The molecule has 0 aromatic heterocycles. The predicted molar refractivity (Wildman–Crippen MR) is 60.5 cm³/mol. The molecule has 0 rings (SSSR count). The quantitative estimate of drug-likeness (QED) is 0.406. The average Bonchev–Trinajstić information content (AvgIpc) is 2.03. The van der Waals surface area contributed by atoms with Gasteiger partial charge in [0, 0.05) is 0 Å². The molecule has 68 valence electrons. The van der Waals surface area contributed by atoms with Gasteiger partial charge in [0.2, 0.25) is 0 Å². The largest absolute Gasteiger partial charge is 0.317 e. The lowest BCUT2D eigenvalue weighted by Gasteiger charge is -2.01. The van der Waals surface area contributed by atoms with Crippen molar-refractivity contribution in [3.63, 3.8) is 0 Å². The molecule has 0 fully saturated rings. The zero-order valence-corrected chi connectivity index (χ0v) is 9.69. The molecule has 1 N–H and O–H groups in total. The molecule has 0 aliphatic rings. The molecular weight excluding hydrogens is 249 g/mol. The van der Waals surface area contributed by atoms with Crippen molar-refractivity contribution in [3.05, 3.63) is 0 Å². The molecule has 0 unspecified atom stereocenters. The highest BCUT2D eigenvalue weighted by atomic mass is 127. The summed E-state index contributed by atoms with van der Waals surface area (Å²) in [5.41, 5.74) is 0. The Morgan fingerprint density at radius 3 is 2.36 bits per heavy atom. The van der Waals surface area contributed by atoms with Gasteiger partial charge in [-0.3, -0.25) is 0 Å². The molecule has 0 aliphatic carbocycles. The zero-order chi connectivity index (χ0) is 8.36. The van der Waals surface area contributed by atoms with Crippen molar-refractivity contribution in [1.82, 2.24) is 5.32 Å². The molecule has 0 heterocycles. The fourth-order valence-corrected chi connectivity index (χ4v) is 1.54. The summed E-state index contributed by atoms with van der Waals surface area (Å²) < 4.78 is 1.32. The molecule has 0 radical (unpaired) electrons. The van der Waals surface area contributed by atoms with Gasteiger partial charge in [0.15, 0.2) is 0 Å². The van der Waals surface area contributed by atoms with Gasteiger partial charge >= 0.3 is 0 Å². The number of unbranched alkanes of at least 4 members (excludes halogenated alkanes) is 3. The van der Waals surface area contributed by atoms with Crippen LogP contribution in [0.4, 0.5) is 0 Å². The van der Waals surface area contributed by atoms with E-state index in [0.29, 0.717) is 0 Å². The third kappa shape index (κ3) is 10.7. The van der Waals surface area contributed by atoms with Gasteiger partial charge < -0.3 is 5.32 Å².